The Morgan fingerprint density at radius 1 is 1.58 bits per heavy atom. The maximum atomic E-state index is 12.1. The summed E-state index contributed by atoms with van der Waals surface area (Å²) in [4.78, 5) is 13.3. The molecule has 108 valence electrons. The monoisotopic (exact) mass is 352 g/mol. The molecular formula is C11H17BrN2O4S. The summed E-state index contributed by atoms with van der Waals surface area (Å²) < 4.78 is 27.5. The Morgan fingerprint density at radius 2 is 2.16 bits per heavy atom. The van der Waals surface area contributed by atoms with Gasteiger partial charge >= 0.3 is 0 Å². The van der Waals surface area contributed by atoms with Gasteiger partial charge in [-0.15, -0.1) is 0 Å². The maximum absolute atomic E-state index is 12.1. The number of carbonyl (C=O) groups excluding carboxylic acids is 1. The lowest BCUT2D eigenvalue weighted by molar-refractivity contribution is 0.0742. The second-order valence-electron chi connectivity index (χ2n) is 4.49. The van der Waals surface area contributed by atoms with Crippen molar-refractivity contribution in [1.29, 1.82) is 0 Å². The molecule has 1 aromatic rings. The Labute approximate surface area is 121 Å². The van der Waals surface area contributed by atoms with Crippen LogP contribution in [-0.4, -0.2) is 32.8 Å². The van der Waals surface area contributed by atoms with Crippen molar-refractivity contribution in [2.45, 2.75) is 25.2 Å². The van der Waals surface area contributed by atoms with Gasteiger partial charge < -0.3 is 9.32 Å². The van der Waals surface area contributed by atoms with Gasteiger partial charge in [-0.1, -0.05) is 20.3 Å². The summed E-state index contributed by atoms with van der Waals surface area (Å²) >= 11 is 2.94. The molecule has 1 heterocycles. The van der Waals surface area contributed by atoms with Gasteiger partial charge in [0.2, 0.25) is 10.0 Å². The van der Waals surface area contributed by atoms with Crippen LogP contribution in [-0.2, 0) is 10.0 Å². The summed E-state index contributed by atoms with van der Waals surface area (Å²) in [7, 11) is -2.27. The topological polar surface area (TPSA) is 93.6 Å². The van der Waals surface area contributed by atoms with Gasteiger partial charge in [0.25, 0.3) is 5.91 Å². The van der Waals surface area contributed by atoms with Gasteiger partial charge in [0, 0.05) is 19.7 Å². The molecule has 1 aromatic heterocycles. The van der Waals surface area contributed by atoms with E-state index >= 15 is 0 Å². The lowest BCUT2D eigenvalue weighted by atomic mass is 10.1. The largest absolute Gasteiger partial charge is 0.443 e. The molecule has 0 aliphatic carbocycles. The van der Waals surface area contributed by atoms with Crippen LogP contribution in [0.15, 0.2) is 20.0 Å². The van der Waals surface area contributed by atoms with Gasteiger partial charge in [-0.3, -0.25) is 4.79 Å². The summed E-state index contributed by atoms with van der Waals surface area (Å²) in [6.45, 7) is 4.63. The Kier molecular flexibility index (Phi) is 5.17. The van der Waals surface area contributed by atoms with Crippen molar-refractivity contribution >= 4 is 31.9 Å². The van der Waals surface area contributed by atoms with Crippen LogP contribution in [0.3, 0.4) is 0 Å². The van der Waals surface area contributed by atoms with Crippen LogP contribution in [0.5, 0.6) is 0 Å². The van der Waals surface area contributed by atoms with E-state index in [1.165, 1.54) is 4.90 Å². The van der Waals surface area contributed by atoms with Crippen molar-refractivity contribution in [3.05, 3.63) is 16.5 Å². The molecule has 0 radical (unpaired) electrons. The van der Waals surface area contributed by atoms with Crippen molar-refractivity contribution in [3.63, 3.8) is 0 Å². The van der Waals surface area contributed by atoms with E-state index < -0.39 is 10.0 Å². The molecule has 0 aliphatic rings. The van der Waals surface area contributed by atoms with E-state index in [-0.39, 0.29) is 21.2 Å². The van der Waals surface area contributed by atoms with Crippen LogP contribution in [0.2, 0.25) is 0 Å². The van der Waals surface area contributed by atoms with Gasteiger partial charge in [-0.2, -0.15) is 0 Å². The number of nitrogens with two attached hydrogens (primary N) is 1. The van der Waals surface area contributed by atoms with Crippen LogP contribution < -0.4 is 5.14 Å². The fraction of sp³-hybridized carbons (Fsp3) is 0.545. The molecule has 2 N–H and O–H groups in total. The van der Waals surface area contributed by atoms with Crippen LogP contribution >= 0.6 is 15.9 Å². The summed E-state index contributed by atoms with van der Waals surface area (Å²) in [5.41, 5.74) is 0. The minimum atomic E-state index is -3.91. The molecule has 19 heavy (non-hydrogen) atoms. The predicted octanol–water partition coefficient (Wildman–Crippen LogP) is 1.81. The van der Waals surface area contributed by atoms with E-state index in [0.717, 1.165) is 12.5 Å². The fourth-order valence-electron chi connectivity index (χ4n) is 1.52. The first kappa shape index (κ1) is 16.2. The van der Waals surface area contributed by atoms with Crippen LogP contribution in [0, 0.1) is 5.92 Å². The molecular weight excluding hydrogens is 336 g/mol. The molecule has 0 aliphatic heterocycles. The number of halogens is 1. The summed E-state index contributed by atoms with van der Waals surface area (Å²) in [6.07, 6.45) is 0.946. The smallest absolute Gasteiger partial charge is 0.289 e. The minimum Gasteiger partial charge on any atom is -0.443 e. The first-order valence-electron chi connectivity index (χ1n) is 5.74. The fourth-order valence-corrected chi connectivity index (χ4v) is 3.02. The van der Waals surface area contributed by atoms with Gasteiger partial charge in [0.15, 0.2) is 10.4 Å². The Balaban J connectivity index is 2.96. The van der Waals surface area contributed by atoms with Gasteiger partial charge in [-0.05, 0) is 21.8 Å². The van der Waals surface area contributed by atoms with Crippen LogP contribution in [0.1, 0.15) is 30.8 Å². The molecule has 0 bridgehead atoms. The van der Waals surface area contributed by atoms with Gasteiger partial charge in [-0.25, -0.2) is 13.6 Å². The molecule has 8 heteroatoms. The van der Waals surface area contributed by atoms with Gasteiger partial charge in [0.1, 0.15) is 4.90 Å². The van der Waals surface area contributed by atoms with Crippen molar-refractivity contribution in [2.75, 3.05) is 13.6 Å². The van der Waals surface area contributed by atoms with E-state index in [1.807, 2.05) is 13.8 Å². The molecule has 1 amide bonds. The number of amides is 1. The number of furan rings is 1. The van der Waals surface area contributed by atoms with Crippen molar-refractivity contribution in [2.24, 2.45) is 11.1 Å². The lowest BCUT2D eigenvalue weighted by Crippen LogP contribution is -2.30. The standard InChI is InChI=1S/C11H17BrN2O4S/c1-4-7(2)6-14(3)11(15)8-5-9(10(12)18-8)19(13,16)17/h5,7H,4,6H2,1-3H3,(H2,13,16,17). The normalized spacial score (nSPS) is 13.3. The summed E-state index contributed by atoms with van der Waals surface area (Å²) in [5, 5.41) is 5.01. The van der Waals surface area contributed by atoms with E-state index in [9.17, 15) is 13.2 Å². The zero-order chi connectivity index (χ0) is 14.8. The second-order valence-corrected chi connectivity index (χ2v) is 6.74. The SMILES string of the molecule is CCC(C)CN(C)C(=O)c1cc(S(N)(=O)=O)c(Br)o1. The number of hydrogen-bond donors (Lipinski definition) is 1. The predicted molar refractivity (Wildman–Crippen MR) is 74.2 cm³/mol. The Hall–Kier alpha value is -0.860. The zero-order valence-electron chi connectivity index (χ0n) is 11.0. The van der Waals surface area contributed by atoms with E-state index in [1.54, 1.807) is 7.05 Å². The summed E-state index contributed by atoms with van der Waals surface area (Å²) in [5.74, 6) is -0.0809. The van der Waals surface area contributed by atoms with Crippen LogP contribution in [0.25, 0.3) is 0 Å². The number of carbonyl (C=O) groups is 1. The molecule has 0 saturated carbocycles. The molecule has 6 nitrogen and oxygen atoms in total. The highest BCUT2D eigenvalue weighted by molar-refractivity contribution is 9.10. The number of rotatable bonds is 5. The number of hydrogen-bond acceptors (Lipinski definition) is 4. The third kappa shape index (κ3) is 4.05. The van der Waals surface area contributed by atoms with Crippen molar-refractivity contribution < 1.29 is 17.6 Å². The summed E-state index contributed by atoms with van der Waals surface area (Å²) in [6, 6.07) is 1.13. The molecule has 0 fully saturated rings. The molecule has 0 spiro atoms. The van der Waals surface area contributed by atoms with E-state index in [0.29, 0.717) is 12.5 Å². The first-order valence-corrected chi connectivity index (χ1v) is 8.08. The Bertz CT molecular complexity index is 567. The van der Waals surface area contributed by atoms with Crippen LogP contribution in [0.4, 0.5) is 0 Å². The lowest BCUT2D eigenvalue weighted by Gasteiger charge is -2.19. The van der Waals surface area contributed by atoms with Crippen molar-refractivity contribution in [3.8, 4) is 0 Å². The average molecular weight is 353 g/mol. The number of nitrogens with zero attached hydrogens (tertiary/aromatic N) is 1. The average Bonchev–Trinajstić information content (AvgIpc) is 2.69. The Morgan fingerprint density at radius 3 is 2.58 bits per heavy atom. The van der Waals surface area contributed by atoms with E-state index in [2.05, 4.69) is 15.9 Å². The zero-order valence-corrected chi connectivity index (χ0v) is 13.4. The quantitative estimate of drug-likeness (QED) is 0.874. The highest BCUT2D eigenvalue weighted by Gasteiger charge is 2.24. The molecule has 1 atom stereocenters. The van der Waals surface area contributed by atoms with E-state index in [4.69, 9.17) is 9.56 Å². The second kappa shape index (κ2) is 6.06. The van der Waals surface area contributed by atoms with Crippen molar-refractivity contribution in [1.82, 2.24) is 4.90 Å². The minimum absolute atomic E-state index is 0.0540. The number of primary sulfonamides is 1. The maximum Gasteiger partial charge on any atom is 0.289 e. The third-order valence-electron chi connectivity index (χ3n) is 2.80. The first-order chi connectivity index (χ1) is 8.66. The number of sulfonamides is 1. The molecule has 0 saturated heterocycles. The third-order valence-corrected chi connectivity index (χ3v) is 4.57. The van der Waals surface area contributed by atoms with Gasteiger partial charge in [0.05, 0.1) is 0 Å². The molecule has 1 unspecified atom stereocenters. The molecule has 0 aromatic carbocycles. The molecule has 1 rings (SSSR count). The highest BCUT2D eigenvalue weighted by atomic mass is 79.9. The highest BCUT2D eigenvalue weighted by Crippen LogP contribution is 2.25.